The van der Waals surface area contributed by atoms with Gasteiger partial charge in [0.15, 0.2) is 16.3 Å². The number of halogens is 3. The number of benzene rings is 3. The summed E-state index contributed by atoms with van der Waals surface area (Å²) in [5, 5.41) is 12.9. The Morgan fingerprint density at radius 3 is 2.54 bits per heavy atom. The molecule has 0 amide bonds. The number of rotatable bonds is 9. The number of nitrogens with zero attached hydrogens (tertiary/aromatic N) is 3. The molecule has 0 fully saturated rings. The number of methoxy groups -OCH3 is 1. The van der Waals surface area contributed by atoms with Gasteiger partial charge in [-0.3, -0.25) is 19.5 Å². The third kappa shape index (κ3) is 6.54. The normalized spacial score (nSPS) is 14.5. The minimum atomic E-state index is -1.01. The second-order valence-electron chi connectivity index (χ2n) is 10.2. The van der Waals surface area contributed by atoms with E-state index in [0.29, 0.717) is 48.5 Å². The number of thiazole rings is 1. The Morgan fingerprint density at radius 1 is 1.11 bits per heavy atom. The third-order valence-corrected chi connectivity index (χ3v) is 9.05. The van der Waals surface area contributed by atoms with Crippen LogP contribution >= 0.6 is 46.1 Å². The summed E-state index contributed by atoms with van der Waals surface area (Å²) >= 11 is 20.0. The SMILES string of the molecule is CCOC(=O)C1=C(C)N=c2s/c(=C/c3cc(Cl)c(OCc4ccc(Cl)cc4Cl)c(OC)c3)c(=O)n2[C@@H]1c1ccc(C)c([N+](=O)[O-])c1. The first-order valence-corrected chi connectivity index (χ1v) is 15.8. The van der Waals surface area contributed by atoms with Crippen molar-refractivity contribution in [3.63, 3.8) is 0 Å². The molecule has 14 heteroatoms. The predicted octanol–water partition coefficient (Wildman–Crippen LogP) is 6.56. The summed E-state index contributed by atoms with van der Waals surface area (Å²) in [4.78, 5) is 43.3. The number of hydrogen-bond acceptors (Lipinski definition) is 9. The van der Waals surface area contributed by atoms with E-state index in [2.05, 4.69) is 4.99 Å². The van der Waals surface area contributed by atoms with Gasteiger partial charge in [0.25, 0.3) is 11.2 Å². The molecule has 0 saturated heterocycles. The molecule has 1 atom stereocenters. The Morgan fingerprint density at radius 2 is 1.87 bits per heavy atom. The van der Waals surface area contributed by atoms with Crippen molar-refractivity contribution >= 4 is 63.9 Å². The zero-order valence-corrected chi connectivity index (χ0v) is 28.0. The quantitative estimate of drug-likeness (QED) is 0.110. The minimum Gasteiger partial charge on any atom is -0.493 e. The highest BCUT2D eigenvalue weighted by Crippen LogP contribution is 2.38. The van der Waals surface area contributed by atoms with Gasteiger partial charge in [-0.2, -0.15) is 0 Å². The van der Waals surface area contributed by atoms with Gasteiger partial charge in [0.1, 0.15) is 6.61 Å². The van der Waals surface area contributed by atoms with Crippen molar-refractivity contribution in [2.24, 2.45) is 4.99 Å². The van der Waals surface area contributed by atoms with Crippen LogP contribution in [0.15, 0.2) is 69.6 Å². The topological polar surface area (TPSA) is 122 Å². The maximum atomic E-state index is 14.0. The van der Waals surface area contributed by atoms with Crippen molar-refractivity contribution in [2.75, 3.05) is 13.7 Å². The van der Waals surface area contributed by atoms with Crippen LogP contribution in [0.25, 0.3) is 6.08 Å². The van der Waals surface area contributed by atoms with E-state index in [0.717, 1.165) is 11.3 Å². The summed E-state index contributed by atoms with van der Waals surface area (Å²) in [6.45, 7) is 5.11. The van der Waals surface area contributed by atoms with Crippen LogP contribution in [-0.2, 0) is 16.1 Å². The first-order valence-electron chi connectivity index (χ1n) is 13.8. The van der Waals surface area contributed by atoms with Gasteiger partial charge in [-0.15, -0.1) is 0 Å². The Bertz CT molecular complexity index is 2110. The van der Waals surface area contributed by atoms with Gasteiger partial charge in [0, 0.05) is 27.2 Å². The summed E-state index contributed by atoms with van der Waals surface area (Å²) in [5.74, 6) is -0.0652. The van der Waals surface area contributed by atoms with Gasteiger partial charge in [0.2, 0.25) is 0 Å². The van der Waals surface area contributed by atoms with Crippen LogP contribution in [0, 0.1) is 17.0 Å². The molecule has 0 radical (unpaired) electrons. The van der Waals surface area contributed by atoms with Crippen molar-refractivity contribution in [3.05, 3.63) is 127 Å². The highest BCUT2D eigenvalue weighted by Gasteiger charge is 2.34. The van der Waals surface area contributed by atoms with E-state index in [9.17, 15) is 19.7 Å². The molecular weight excluding hydrogens is 677 g/mol. The lowest BCUT2D eigenvalue weighted by Gasteiger charge is -2.24. The number of carbonyl (C=O) groups is 1. The van der Waals surface area contributed by atoms with Crippen LogP contribution in [0.5, 0.6) is 11.5 Å². The van der Waals surface area contributed by atoms with E-state index in [4.69, 9.17) is 49.0 Å². The molecule has 10 nitrogen and oxygen atoms in total. The maximum Gasteiger partial charge on any atom is 0.338 e. The van der Waals surface area contributed by atoms with Crippen molar-refractivity contribution in [3.8, 4) is 11.5 Å². The van der Waals surface area contributed by atoms with Crippen LogP contribution in [0.1, 0.15) is 42.1 Å². The van der Waals surface area contributed by atoms with Crippen molar-refractivity contribution in [2.45, 2.75) is 33.4 Å². The molecule has 46 heavy (non-hydrogen) atoms. The second kappa shape index (κ2) is 13.7. The molecule has 3 aromatic carbocycles. The lowest BCUT2D eigenvalue weighted by Crippen LogP contribution is -2.40. The molecule has 0 saturated carbocycles. The number of allylic oxidation sites excluding steroid dienone is 1. The molecule has 1 aliphatic rings. The fourth-order valence-corrected chi connectivity index (χ4v) is 6.79. The smallest absolute Gasteiger partial charge is 0.338 e. The zero-order chi connectivity index (χ0) is 33.3. The van der Waals surface area contributed by atoms with E-state index in [1.165, 1.54) is 17.7 Å². The van der Waals surface area contributed by atoms with Crippen LogP contribution in [0.2, 0.25) is 15.1 Å². The summed E-state index contributed by atoms with van der Waals surface area (Å²) in [5.41, 5.74) is 1.90. The summed E-state index contributed by atoms with van der Waals surface area (Å²) in [7, 11) is 1.46. The molecule has 5 rings (SSSR count). The largest absolute Gasteiger partial charge is 0.493 e. The molecule has 4 aromatic rings. The average Bonchev–Trinajstić information content (AvgIpc) is 3.30. The second-order valence-corrected chi connectivity index (χ2v) is 12.4. The predicted molar refractivity (Wildman–Crippen MR) is 177 cm³/mol. The van der Waals surface area contributed by atoms with E-state index in [-0.39, 0.29) is 39.8 Å². The van der Waals surface area contributed by atoms with Crippen LogP contribution < -0.4 is 24.4 Å². The fourth-order valence-electron chi connectivity index (χ4n) is 5.00. The molecule has 0 N–H and O–H groups in total. The molecule has 0 aliphatic carbocycles. The number of hydrogen-bond donors (Lipinski definition) is 0. The lowest BCUT2D eigenvalue weighted by atomic mass is 9.94. The first-order chi connectivity index (χ1) is 21.9. The summed E-state index contributed by atoms with van der Waals surface area (Å²) in [6.07, 6.45) is 1.62. The molecule has 0 bridgehead atoms. The number of nitro groups is 1. The van der Waals surface area contributed by atoms with Crippen molar-refractivity contribution in [1.82, 2.24) is 4.57 Å². The van der Waals surface area contributed by atoms with Gasteiger partial charge < -0.3 is 14.2 Å². The molecule has 0 unspecified atom stereocenters. The Hall–Kier alpha value is -4.16. The standard InChI is InChI=1S/C32H26Cl3N3O7S/c1-5-44-31(40)27-17(3)36-32-37(28(27)19-7-6-16(2)24(13-19)38(41)42)30(39)26(46-32)12-18-10-23(35)29(25(11-18)43-4)45-15-20-8-9-21(33)14-22(20)34/h6-14,28H,5,15H2,1-4H3/b26-12+/t28-/m1/s1. The van der Waals surface area contributed by atoms with Crippen LogP contribution in [0.3, 0.4) is 0 Å². The summed E-state index contributed by atoms with van der Waals surface area (Å²) < 4.78 is 18.4. The lowest BCUT2D eigenvalue weighted by molar-refractivity contribution is -0.385. The Labute approximate surface area is 281 Å². The monoisotopic (exact) mass is 701 g/mol. The third-order valence-electron chi connectivity index (χ3n) is 7.20. The summed E-state index contributed by atoms with van der Waals surface area (Å²) in [6, 6.07) is 11.9. The average molecular weight is 703 g/mol. The zero-order valence-electron chi connectivity index (χ0n) is 24.9. The number of aryl methyl sites for hydroxylation is 1. The van der Waals surface area contributed by atoms with Crippen LogP contribution in [0.4, 0.5) is 5.69 Å². The van der Waals surface area contributed by atoms with E-state index in [1.54, 1.807) is 69.3 Å². The highest BCUT2D eigenvalue weighted by molar-refractivity contribution is 7.07. The van der Waals surface area contributed by atoms with E-state index >= 15 is 0 Å². The van der Waals surface area contributed by atoms with Gasteiger partial charge in [-0.1, -0.05) is 64.3 Å². The minimum absolute atomic E-state index is 0.0931. The molecule has 2 heterocycles. The number of ether oxygens (including phenoxy) is 3. The maximum absolute atomic E-state index is 14.0. The van der Waals surface area contributed by atoms with E-state index < -0.39 is 22.5 Å². The highest BCUT2D eigenvalue weighted by atomic mass is 35.5. The van der Waals surface area contributed by atoms with Crippen molar-refractivity contribution in [1.29, 1.82) is 0 Å². The molecule has 238 valence electrons. The van der Waals surface area contributed by atoms with Crippen molar-refractivity contribution < 1.29 is 23.9 Å². The number of fused-ring (bicyclic) bond motifs is 1. The Balaban J connectivity index is 1.60. The van der Waals surface area contributed by atoms with Gasteiger partial charge >= 0.3 is 5.97 Å². The Kier molecular flexibility index (Phi) is 9.88. The van der Waals surface area contributed by atoms with E-state index in [1.807, 2.05) is 0 Å². The first kappa shape index (κ1) is 33.2. The van der Waals surface area contributed by atoms with Gasteiger partial charge in [-0.25, -0.2) is 9.79 Å². The van der Waals surface area contributed by atoms with Gasteiger partial charge in [-0.05, 0) is 62.2 Å². The number of esters is 1. The number of aromatic nitrogens is 1. The molecular formula is C32H26Cl3N3O7S. The van der Waals surface area contributed by atoms with Crippen LogP contribution in [-0.4, -0.2) is 29.2 Å². The fraction of sp³-hybridized carbons (Fsp3) is 0.219. The molecule has 0 spiro atoms. The van der Waals surface area contributed by atoms with Gasteiger partial charge in [0.05, 0.1) is 45.5 Å². The number of carbonyl (C=O) groups excluding carboxylic acids is 1. The molecule has 1 aromatic heterocycles. The molecule has 1 aliphatic heterocycles. The number of nitro benzene ring substituents is 1.